The number of aliphatic hydroxyl groups is 1. The molecule has 0 fully saturated rings. The Kier molecular flexibility index (Phi) is 4.88. The van der Waals surface area contributed by atoms with Gasteiger partial charge in [0.05, 0.1) is 0 Å². The number of aldehydes is 1. The van der Waals surface area contributed by atoms with Gasteiger partial charge in [-0.15, -0.1) is 0 Å². The highest BCUT2D eigenvalue weighted by atomic mass is 16.6. The van der Waals surface area contributed by atoms with Crippen LogP contribution in [0.5, 0.6) is 0 Å². The Bertz CT molecular complexity index is 189. The maximum atomic E-state index is 10.6. The van der Waals surface area contributed by atoms with Crippen LogP contribution in [0.3, 0.4) is 0 Å². The minimum atomic E-state index is -1.25. The number of carbonyl (C=O) groups is 1. The Balaban J connectivity index is 4.13. The van der Waals surface area contributed by atoms with E-state index in [1.165, 1.54) is 13.8 Å². The van der Waals surface area contributed by atoms with Crippen LogP contribution in [0.15, 0.2) is 11.6 Å². The van der Waals surface area contributed by atoms with Gasteiger partial charge in [-0.2, -0.15) is 0 Å². The fraction of sp³-hybridized carbons (Fsp3) is 0.700. The fourth-order valence-electron chi connectivity index (χ4n) is 0.923. The normalized spacial score (nSPS) is 15.6. The van der Waals surface area contributed by atoms with Crippen molar-refractivity contribution in [1.29, 1.82) is 0 Å². The van der Waals surface area contributed by atoms with Gasteiger partial charge in [0.1, 0.15) is 12.4 Å². The first-order chi connectivity index (χ1) is 5.89. The Hall–Kier alpha value is -0.670. The SMILES string of the molecule is C/C=C(/C)CC(C=O)OC(C)(C)O. The summed E-state index contributed by atoms with van der Waals surface area (Å²) in [6.07, 6.45) is 2.61. The van der Waals surface area contributed by atoms with E-state index in [-0.39, 0.29) is 0 Å². The second-order valence-electron chi connectivity index (χ2n) is 3.58. The van der Waals surface area contributed by atoms with Crippen molar-refractivity contribution in [2.24, 2.45) is 0 Å². The van der Waals surface area contributed by atoms with E-state index in [1.54, 1.807) is 0 Å². The molecule has 76 valence electrons. The molecule has 0 saturated heterocycles. The number of ether oxygens (including phenoxy) is 1. The molecule has 0 heterocycles. The van der Waals surface area contributed by atoms with Gasteiger partial charge in [0, 0.05) is 6.42 Å². The molecule has 0 radical (unpaired) electrons. The highest BCUT2D eigenvalue weighted by Gasteiger charge is 2.19. The molecule has 0 aliphatic carbocycles. The molecule has 0 aromatic rings. The van der Waals surface area contributed by atoms with Crippen LogP contribution in [0.4, 0.5) is 0 Å². The standard InChI is InChI=1S/C10H18O3/c1-5-8(2)6-9(7-11)13-10(3,4)12/h5,7,9,12H,6H2,1-4H3/b8-5-. The van der Waals surface area contributed by atoms with Crippen LogP contribution >= 0.6 is 0 Å². The summed E-state index contributed by atoms with van der Waals surface area (Å²) in [4.78, 5) is 10.6. The summed E-state index contributed by atoms with van der Waals surface area (Å²) in [5, 5.41) is 9.30. The molecule has 0 spiro atoms. The molecule has 0 rings (SSSR count). The molecule has 3 nitrogen and oxygen atoms in total. The Morgan fingerprint density at radius 3 is 2.46 bits per heavy atom. The minimum absolute atomic E-state index is 0.532. The third kappa shape index (κ3) is 6.49. The number of hydrogen-bond acceptors (Lipinski definition) is 3. The smallest absolute Gasteiger partial charge is 0.160 e. The Morgan fingerprint density at radius 2 is 2.15 bits per heavy atom. The summed E-state index contributed by atoms with van der Waals surface area (Å²) < 4.78 is 5.11. The lowest BCUT2D eigenvalue weighted by Crippen LogP contribution is -2.31. The van der Waals surface area contributed by atoms with E-state index in [2.05, 4.69) is 0 Å². The summed E-state index contributed by atoms with van der Waals surface area (Å²) in [5.41, 5.74) is 1.07. The summed E-state index contributed by atoms with van der Waals surface area (Å²) in [5.74, 6) is -1.25. The molecule has 0 saturated carbocycles. The van der Waals surface area contributed by atoms with Crippen molar-refractivity contribution in [2.75, 3.05) is 0 Å². The number of allylic oxidation sites excluding steroid dienone is 1. The zero-order valence-electron chi connectivity index (χ0n) is 8.70. The lowest BCUT2D eigenvalue weighted by molar-refractivity contribution is -0.201. The molecule has 0 aliphatic rings. The largest absolute Gasteiger partial charge is 0.366 e. The van der Waals surface area contributed by atoms with E-state index in [9.17, 15) is 9.90 Å². The number of rotatable bonds is 5. The zero-order valence-corrected chi connectivity index (χ0v) is 8.70. The average Bonchev–Trinajstić information content (AvgIpc) is 2.00. The molecule has 0 amide bonds. The Labute approximate surface area is 79.4 Å². The van der Waals surface area contributed by atoms with Crippen molar-refractivity contribution in [3.8, 4) is 0 Å². The van der Waals surface area contributed by atoms with Crippen molar-refractivity contribution in [2.45, 2.75) is 46.0 Å². The van der Waals surface area contributed by atoms with E-state index in [1.807, 2.05) is 19.9 Å². The van der Waals surface area contributed by atoms with Gasteiger partial charge in [0.2, 0.25) is 0 Å². The van der Waals surface area contributed by atoms with E-state index < -0.39 is 11.9 Å². The van der Waals surface area contributed by atoms with Crippen LogP contribution < -0.4 is 0 Å². The predicted octanol–water partition coefficient (Wildman–Crippen LogP) is 1.66. The van der Waals surface area contributed by atoms with Gasteiger partial charge < -0.3 is 14.6 Å². The van der Waals surface area contributed by atoms with E-state index in [0.717, 1.165) is 5.57 Å². The van der Waals surface area contributed by atoms with Gasteiger partial charge in [0.15, 0.2) is 5.79 Å². The summed E-state index contributed by atoms with van der Waals surface area (Å²) in [6.45, 7) is 6.84. The van der Waals surface area contributed by atoms with Crippen LogP contribution in [0.1, 0.15) is 34.1 Å². The first-order valence-electron chi connectivity index (χ1n) is 4.36. The van der Waals surface area contributed by atoms with Crippen LogP contribution in [0, 0.1) is 0 Å². The lowest BCUT2D eigenvalue weighted by Gasteiger charge is -2.22. The lowest BCUT2D eigenvalue weighted by atomic mass is 10.1. The van der Waals surface area contributed by atoms with Crippen LogP contribution in [0.2, 0.25) is 0 Å². The molecule has 3 heteroatoms. The molecule has 0 aliphatic heterocycles. The molecule has 1 unspecified atom stereocenters. The van der Waals surface area contributed by atoms with Gasteiger partial charge >= 0.3 is 0 Å². The van der Waals surface area contributed by atoms with Crippen LogP contribution in [0.25, 0.3) is 0 Å². The average molecular weight is 186 g/mol. The molecule has 1 atom stereocenters. The third-order valence-electron chi connectivity index (χ3n) is 1.61. The minimum Gasteiger partial charge on any atom is -0.366 e. The Morgan fingerprint density at radius 1 is 1.62 bits per heavy atom. The summed E-state index contributed by atoms with van der Waals surface area (Å²) in [6, 6.07) is 0. The monoisotopic (exact) mass is 186 g/mol. The molecule has 0 aromatic carbocycles. The fourth-order valence-corrected chi connectivity index (χ4v) is 0.923. The molecule has 0 bridgehead atoms. The molecule has 13 heavy (non-hydrogen) atoms. The van der Waals surface area contributed by atoms with Crippen LogP contribution in [-0.4, -0.2) is 23.3 Å². The van der Waals surface area contributed by atoms with Gasteiger partial charge in [-0.1, -0.05) is 11.6 Å². The van der Waals surface area contributed by atoms with Crippen molar-refractivity contribution >= 4 is 6.29 Å². The number of hydrogen-bond donors (Lipinski definition) is 1. The highest BCUT2D eigenvalue weighted by molar-refractivity contribution is 5.56. The molecular weight excluding hydrogens is 168 g/mol. The van der Waals surface area contributed by atoms with Crippen molar-refractivity contribution in [3.63, 3.8) is 0 Å². The van der Waals surface area contributed by atoms with Crippen molar-refractivity contribution in [1.82, 2.24) is 0 Å². The first-order valence-corrected chi connectivity index (χ1v) is 4.36. The van der Waals surface area contributed by atoms with Gasteiger partial charge in [-0.05, 0) is 27.7 Å². The highest BCUT2D eigenvalue weighted by Crippen LogP contribution is 2.13. The van der Waals surface area contributed by atoms with Gasteiger partial charge in [0.25, 0.3) is 0 Å². The third-order valence-corrected chi connectivity index (χ3v) is 1.61. The summed E-state index contributed by atoms with van der Waals surface area (Å²) >= 11 is 0. The maximum absolute atomic E-state index is 10.6. The number of carbonyl (C=O) groups excluding carboxylic acids is 1. The topological polar surface area (TPSA) is 46.5 Å². The van der Waals surface area contributed by atoms with Crippen molar-refractivity contribution in [3.05, 3.63) is 11.6 Å². The van der Waals surface area contributed by atoms with Gasteiger partial charge in [-0.3, -0.25) is 0 Å². The first kappa shape index (κ1) is 12.3. The molecular formula is C10H18O3. The maximum Gasteiger partial charge on any atom is 0.160 e. The molecule has 0 aromatic heterocycles. The second-order valence-corrected chi connectivity index (χ2v) is 3.58. The zero-order chi connectivity index (χ0) is 10.5. The predicted molar refractivity (Wildman–Crippen MR) is 51.3 cm³/mol. The quantitative estimate of drug-likeness (QED) is 0.403. The summed E-state index contributed by atoms with van der Waals surface area (Å²) in [7, 11) is 0. The van der Waals surface area contributed by atoms with E-state index in [4.69, 9.17) is 4.74 Å². The van der Waals surface area contributed by atoms with Crippen molar-refractivity contribution < 1.29 is 14.6 Å². The molecule has 1 N–H and O–H groups in total. The van der Waals surface area contributed by atoms with E-state index >= 15 is 0 Å². The van der Waals surface area contributed by atoms with Crippen LogP contribution in [-0.2, 0) is 9.53 Å². The van der Waals surface area contributed by atoms with E-state index in [0.29, 0.717) is 12.7 Å². The second kappa shape index (κ2) is 5.14. The van der Waals surface area contributed by atoms with Gasteiger partial charge in [-0.25, -0.2) is 0 Å².